The van der Waals surface area contributed by atoms with Gasteiger partial charge in [0.1, 0.15) is 0 Å². The minimum atomic E-state index is -0.132. The number of carbonyl (C=O) groups is 1. The molecule has 2 aromatic rings. The zero-order valence-electron chi connectivity index (χ0n) is 13.5. The average molecular weight is 436 g/mol. The van der Waals surface area contributed by atoms with Crippen LogP contribution in [0.15, 0.2) is 51.8 Å². The molecule has 0 spiro atoms. The SMILES string of the molecule is COc1ccc(/C=C2\SC(=S)N(c3ccc(Br)cc3)C2=O)cc1OC. The first-order valence-electron chi connectivity index (χ1n) is 7.29. The highest BCUT2D eigenvalue weighted by Crippen LogP contribution is 2.37. The van der Waals surface area contributed by atoms with Crippen molar-refractivity contribution in [1.82, 2.24) is 0 Å². The van der Waals surface area contributed by atoms with Crippen molar-refractivity contribution in [3.63, 3.8) is 0 Å². The number of ether oxygens (including phenoxy) is 2. The first-order chi connectivity index (χ1) is 12.0. The largest absolute Gasteiger partial charge is 0.493 e. The summed E-state index contributed by atoms with van der Waals surface area (Å²) in [5.41, 5.74) is 1.59. The minimum Gasteiger partial charge on any atom is -0.493 e. The van der Waals surface area contributed by atoms with Crippen LogP contribution in [0.1, 0.15) is 5.56 Å². The Balaban J connectivity index is 1.91. The molecule has 0 N–H and O–H groups in total. The van der Waals surface area contributed by atoms with E-state index in [9.17, 15) is 4.79 Å². The van der Waals surface area contributed by atoms with Gasteiger partial charge in [0, 0.05) is 4.47 Å². The highest BCUT2D eigenvalue weighted by molar-refractivity contribution is 9.10. The summed E-state index contributed by atoms with van der Waals surface area (Å²) in [4.78, 5) is 14.9. The van der Waals surface area contributed by atoms with Crippen LogP contribution in [-0.4, -0.2) is 24.4 Å². The number of rotatable bonds is 4. The summed E-state index contributed by atoms with van der Waals surface area (Å²) in [5.74, 6) is 1.12. The Bertz CT molecular complexity index is 865. The fourth-order valence-corrected chi connectivity index (χ4v) is 3.94. The summed E-state index contributed by atoms with van der Waals surface area (Å²) in [6.45, 7) is 0. The number of carbonyl (C=O) groups excluding carboxylic acids is 1. The van der Waals surface area contributed by atoms with Gasteiger partial charge in [-0.25, -0.2) is 0 Å². The van der Waals surface area contributed by atoms with Gasteiger partial charge in [0.2, 0.25) is 0 Å². The normalized spacial score (nSPS) is 15.8. The van der Waals surface area contributed by atoms with Crippen molar-refractivity contribution in [2.24, 2.45) is 0 Å². The van der Waals surface area contributed by atoms with E-state index in [-0.39, 0.29) is 5.91 Å². The van der Waals surface area contributed by atoms with Crippen LogP contribution in [0.25, 0.3) is 6.08 Å². The zero-order valence-corrected chi connectivity index (χ0v) is 16.7. The highest BCUT2D eigenvalue weighted by atomic mass is 79.9. The molecule has 0 saturated carbocycles. The van der Waals surface area contributed by atoms with Gasteiger partial charge in [-0.1, -0.05) is 46.0 Å². The Kier molecular flexibility index (Phi) is 5.46. The Labute approximate surface area is 163 Å². The third-order valence-corrected chi connectivity index (χ3v) is 5.41. The van der Waals surface area contributed by atoms with Gasteiger partial charge in [0.25, 0.3) is 5.91 Å². The van der Waals surface area contributed by atoms with Crippen molar-refractivity contribution >= 4 is 61.9 Å². The predicted octanol–water partition coefficient (Wildman–Crippen LogP) is 4.87. The van der Waals surface area contributed by atoms with Crippen molar-refractivity contribution in [3.05, 3.63) is 57.4 Å². The Morgan fingerprint density at radius 1 is 1.08 bits per heavy atom. The molecule has 3 rings (SSSR count). The van der Waals surface area contributed by atoms with Crippen molar-refractivity contribution in [2.45, 2.75) is 0 Å². The van der Waals surface area contributed by atoms with Gasteiger partial charge in [-0.05, 0) is 48.0 Å². The topological polar surface area (TPSA) is 38.8 Å². The van der Waals surface area contributed by atoms with E-state index >= 15 is 0 Å². The molecule has 1 saturated heterocycles. The van der Waals surface area contributed by atoms with Crippen LogP contribution in [0.2, 0.25) is 0 Å². The van der Waals surface area contributed by atoms with Gasteiger partial charge >= 0.3 is 0 Å². The van der Waals surface area contributed by atoms with Gasteiger partial charge in [-0.3, -0.25) is 9.69 Å². The van der Waals surface area contributed by atoms with Gasteiger partial charge in [0.15, 0.2) is 15.8 Å². The van der Waals surface area contributed by atoms with E-state index in [1.54, 1.807) is 31.3 Å². The van der Waals surface area contributed by atoms with Crippen LogP contribution in [-0.2, 0) is 4.79 Å². The lowest BCUT2D eigenvalue weighted by Crippen LogP contribution is -2.27. The summed E-state index contributed by atoms with van der Waals surface area (Å²) in [6.07, 6.45) is 1.81. The molecular weight excluding hydrogens is 422 g/mol. The third-order valence-electron chi connectivity index (χ3n) is 3.58. The lowest BCUT2D eigenvalue weighted by atomic mass is 10.2. The maximum atomic E-state index is 12.8. The third kappa shape index (κ3) is 3.73. The lowest BCUT2D eigenvalue weighted by molar-refractivity contribution is -0.113. The van der Waals surface area contributed by atoms with E-state index in [1.807, 2.05) is 36.4 Å². The van der Waals surface area contributed by atoms with Crippen molar-refractivity contribution < 1.29 is 14.3 Å². The van der Waals surface area contributed by atoms with Crippen molar-refractivity contribution in [3.8, 4) is 11.5 Å². The van der Waals surface area contributed by atoms with Gasteiger partial charge in [-0.15, -0.1) is 0 Å². The Morgan fingerprint density at radius 3 is 2.40 bits per heavy atom. The molecule has 1 aliphatic heterocycles. The summed E-state index contributed by atoms with van der Waals surface area (Å²) in [5, 5.41) is 0. The number of hydrogen-bond acceptors (Lipinski definition) is 5. The molecule has 128 valence electrons. The number of halogens is 1. The predicted molar refractivity (Wildman–Crippen MR) is 109 cm³/mol. The minimum absolute atomic E-state index is 0.132. The van der Waals surface area contributed by atoms with E-state index < -0.39 is 0 Å². The number of thiocarbonyl (C=S) groups is 1. The molecule has 7 heteroatoms. The zero-order chi connectivity index (χ0) is 18.0. The molecule has 0 bridgehead atoms. The number of nitrogens with zero attached hydrogens (tertiary/aromatic N) is 1. The second-order valence-electron chi connectivity index (χ2n) is 5.11. The molecule has 1 amide bonds. The second-order valence-corrected chi connectivity index (χ2v) is 7.70. The number of anilines is 1. The molecule has 0 radical (unpaired) electrons. The van der Waals surface area contributed by atoms with E-state index in [4.69, 9.17) is 21.7 Å². The molecule has 4 nitrogen and oxygen atoms in total. The number of methoxy groups -OCH3 is 2. The molecule has 1 fully saturated rings. The Hall–Kier alpha value is -1.83. The average Bonchev–Trinajstić information content (AvgIpc) is 2.89. The molecule has 0 unspecified atom stereocenters. The number of benzene rings is 2. The highest BCUT2D eigenvalue weighted by Gasteiger charge is 2.33. The molecule has 0 aliphatic carbocycles. The van der Waals surface area contributed by atoms with Crippen LogP contribution < -0.4 is 14.4 Å². The maximum Gasteiger partial charge on any atom is 0.270 e. The van der Waals surface area contributed by atoms with Crippen LogP contribution in [0, 0.1) is 0 Å². The molecule has 2 aromatic carbocycles. The Morgan fingerprint density at radius 2 is 1.76 bits per heavy atom. The number of hydrogen-bond donors (Lipinski definition) is 0. The smallest absolute Gasteiger partial charge is 0.270 e. The first kappa shape index (κ1) is 18.0. The fourth-order valence-electron chi connectivity index (χ4n) is 2.37. The molecule has 1 aliphatic rings. The summed E-state index contributed by atoms with van der Waals surface area (Å²) in [6, 6.07) is 13.0. The van der Waals surface area contributed by atoms with Crippen molar-refractivity contribution in [1.29, 1.82) is 0 Å². The lowest BCUT2D eigenvalue weighted by Gasteiger charge is -2.14. The summed E-state index contributed by atoms with van der Waals surface area (Å²) < 4.78 is 12.0. The maximum absolute atomic E-state index is 12.8. The quantitative estimate of drug-likeness (QED) is 0.505. The second kappa shape index (κ2) is 7.59. The molecule has 1 heterocycles. The molecule has 0 atom stereocenters. The monoisotopic (exact) mass is 435 g/mol. The summed E-state index contributed by atoms with van der Waals surface area (Å²) in [7, 11) is 3.16. The van der Waals surface area contributed by atoms with E-state index in [0.717, 1.165) is 15.7 Å². The van der Waals surface area contributed by atoms with E-state index in [2.05, 4.69) is 15.9 Å². The van der Waals surface area contributed by atoms with Crippen molar-refractivity contribution in [2.75, 3.05) is 19.1 Å². The van der Waals surface area contributed by atoms with Crippen LogP contribution in [0.3, 0.4) is 0 Å². The molecular formula is C18H14BrNO3S2. The first-order valence-corrected chi connectivity index (χ1v) is 9.31. The van der Waals surface area contributed by atoms with Gasteiger partial charge in [0.05, 0.1) is 24.8 Å². The van der Waals surface area contributed by atoms with Gasteiger partial charge in [-0.2, -0.15) is 0 Å². The summed E-state index contributed by atoms with van der Waals surface area (Å²) >= 11 is 10.1. The van der Waals surface area contributed by atoms with E-state index in [0.29, 0.717) is 20.7 Å². The number of thioether (sulfide) groups is 1. The standard InChI is InChI=1S/C18H14BrNO3S2/c1-22-14-8-3-11(9-15(14)23-2)10-16-17(21)20(18(24)25-16)13-6-4-12(19)5-7-13/h3-10H,1-2H3/b16-10-. The molecule has 25 heavy (non-hydrogen) atoms. The number of amides is 1. The van der Waals surface area contributed by atoms with Crippen LogP contribution in [0.4, 0.5) is 5.69 Å². The van der Waals surface area contributed by atoms with Crippen LogP contribution in [0.5, 0.6) is 11.5 Å². The van der Waals surface area contributed by atoms with Gasteiger partial charge < -0.3 is 9.47 Å². The molecule has 0 aromatic heterocycles. The van der Waals surface area contributed by atoms with Crippen LogP contribution >= 0.6 is 39.9 Å². The van der Waals surface area contributed by atoms with E-state index in [1.165, 1.54) is 11.8 Å². The fraction of sp³-hybridized carbons (Fsp3) is 0.111.